The fourth-order valence-electron chi connectivity index (χ4n) is 3.67. The lowest BCUT2D eigenvalue weighted by atomic mass is 10.0. The fourth-order valence-corrected chi connectivity index (χ4v) is 5.44. The molecule has 194 valence electrons. The number of aromatic nitrogens is 3. The van der Waals surface area contributed by atoms with Gasteiger partial charge < -0.3 is 31.5 Å². The molecule has 1 unspecified atom stereocenters. The van der Waals surface area contributed by atoms with Crippen LogP contribution < -0.4 is 26.5 Å². The lowest BCUT2D eigenvalue weighted by Gasteiger charge is -2.50. The molecule has 2 aromatic heterocycles. The van der Waals surface area contributed by atoms with Crippen LogP contribution in [-0.4, -0.2) is 67.4 Å². The fraction of sp³-hybridized carbons (Fsp3) is 0.333. The van der Waals surface area contributed by atoms with Crippen LogP contribution in [0.25, 0.3) is 0 Å². The summed E-state index contributed by atoms with van der Waals surface area (Å²) in [6.07, 6.45) is 3.81. The molecule has 1 fully saturated rings. The minimum atomic E-state index is -1.51. The highest BCUT2D eigenvalue weighted by Crippen LogP contribution is 2.40. The van der Waals surface area contributed by atoms with Crippen molar-refractivity contribution >= 4 is 57.8 Å². The number of β-lactam (4-membered cyclic amide) rings is 1. The van der Waals surface area contributed by atoms with Gasteiger partial charge in [-0.3, -0.25) is 19.3 Å². The number of primary amides is 1. The summed E-state index contributed by atoms with van der Waals surface area (Å²) in [7, 11) is 0. The topological polar surface area (TPSA) is 210 Å². The van der Waals surface area contributed by atoms with Crippen LogP contribution in [0.4, 0.5) is 5.13 Å². The van der Waals surface area contributed by atoms with Crippen LogP contribution in [0.1, 0.15) is 29.5 Å². The van der Waals surface area contributed by atoms with E-state index in [-0.39, 0.29) is 41.3 Å². The van der Waals surface area contributed by atoms with Crippen molar-refractivity contribution in [2.45, 2.75) is 31.3 Å². The van der Waals surface area contributed by atoms with Crippen molar-refractivity contribution in [3.05, 3.63) is 47.2 Å². The number of carboxylic acid groups (broad SMARTS) is 1. The highest BCUT2D eigenvalue weighted by Gasteiger charge is 2.53. The van der Waals surface area contributed by atoms with Gasteiger partial charge in [0.05, 0.1) is 17.2 Å². The standard InChI is InChI=1S/C21H22N8O6S2/c1-2-7-35-26-12(16-25-21(23)37-27-16)17(31)24-13-18(32)29-14(20(33)34)11(9-36-19(13)29)8-28-5-3-10(4-6-28)15(22)30/h3-6,13,19H,2,7-9H2,1H3,(H5-,22,23,24,25,27,30,31,33,34)/t13?,19-/m0/s1. The van der Waals surface area contributed by atoms with Gasteiger partial charge in [0.25, 0.3) is 11.8 Å². The van der Waals surface area contributed by atoms with Crippen molar-refractivity contribution in [3.8, 4) is 0 Å². The first-order valence-electron chi connectivity index (χ1n) is 11.0. The number of hydrogen-bond donors (Lipinski definition) is 3. The summed E-state index contributed by atoms with van der Waals surface area (Å²) in [6.45, 7) is 2.25. The summed E-state index contributed by atoms with van der Waals surface area (Å²) in [6, 6.07) is 2.01. The minimum Gasteiger partial charge on any atom is -0.543 e. The van der Waals surface area contributed by atoms with Crippen molar-refractivity contribution in [2.24, 2.45) is 10.9 Å². The van der Waals surface area contributed by atoms with Gasteiger partial charge in [-0.1, -0.05) is 12.1 Å². The number of rotatable bonds is 10. The van der Waals surface area contributed by atoms with Crippen LogP contribution in [0.3, 0.4) is 0 Å². The molecule has 1 saturated heterocycles. The van der Waals surface area contributed by atoms with Crippen LogP contribution in [0.2, 0.25) is 0 Å². The lowest BCUT2D eigenvalue weighted by molar-refractivity contribution is -0.689. The Morgan fingerprint density at radius 2 is 2.08 bits per heavy atom. The van der Waals surface area contributed by atoms with Crippen molar-refractivity contribution in [3.63, 3.8) is 0 Å². The van der Waals surface area contributed by atoms with Gasteiger partial charge in [0.2, 0.25) is 17.4 Å². The van der Waals surface area contributed by atoms with Gasteiger partial charge in [0.15, 0.2) is 24.1 Å². The molecule has 0 aliphatic carbocycles. The number of carbonyl (C=O) groups is 4. The SMILES string of the molecule is CCCON=C(C(=O)NC1C(=O)N2C(C(=O)[O-])=C(C[n+]3ccc(C(N)=O)cc3)CS[C@@H]12)c1nsc(N)n1. The normalized spacial score (nSPS) is 19.2. The summed E-state index contributed by atoms with van der Waals surface area (Å²) < 4.78 is 5.63. The van der Waals surface area contributed by atoms with Crippen molar-refractivity contribution in [1.29, 1.82) is 0 Å². The van der Waals surface area contributed by atoms with Crippen LogP contribution in [0.15, 0.2) is 41.0 Å². The van der Waals surface area contributed by atoms with Gasteiger partial charge in [-0.05, 0) is 6.42 Å². The largest absolute Gasteiger partial charge is 0.543 e. The first-order valence-corrected chi connectivity index (χ1v) is 12.8. The maximum atomic E-state index is 13.0. The zero-order valence-electron chi connectivity index (χ0n) is 19.4. The monoisotopic (exact) mass is 546 g/mol. The maximum absolute atomic E-state index is 13.0. The van der Waals surface area contributed by atoms with Crippen molar-refractivity contribution < 1.29 is 33.7 Å². The second-order valence-corrected chi connectivity index (χ2v) is 9.84. The number of nitrogens with one attached hydrogen (secondary N) is 1. The molecule has 2 aliphatic rings. The molecule has 0 aromatic carbocycles. The zero-order valence-corrected chi connectivity index (χ0v) is 21.1. The Morgan fingerprint density at radius 3 is 2.68 bits per heavy atom. The number of nitrogens with two attached hydrogens (primary N) is 2. The van der Waals surface area contributed by atoms with E-state index in [1.54, 1.807) is 17.0 Å². The molecular weight excluding hydrogens is 524 g/mol. The number of hydrogen-bond acceptors (Lipinski definition) is 12. The number of fused-ring (bicyclic) bond motifs is 1. The average Bonchev–Trinajstić information content (AvgIpc) is 3.30. The van der Waals surface area contributed by atoms with Gasteiger partial charge >= 0.3 is 0 Å². The molecule has 3 amide bonds. The highest BCUT2D eigenvalue weighted by molar-refractivity contribution is 8.00. The smallest absolute Gasteiger partial charge is 0.278 e. The van der Waals surface area contributed by atoms with E-state index in [2.05, 4.69) is 19.8 Å². The third-order valence-electron chi connectivity index (χ3n) is 5.40. The molecule has 5 N–H and O–H groups in total. The van der Waals surface area contributed by atoms with E-state index in [0.717, 1.165) is 16.4 Å². The summed E-state index contributed by atoms with van der Waals surface area (Å²) in [5.74, 6) is -3.26. The van der Waals surface area contributed by atoms with Crippen molar-refractivity contribution in [1.82, 2.24) is 19.6 Å². The van der Waals surface area contributed by atoms with Gasteiger partial charge in [-0.2, -0.15) is 9.36 Å². The molecule has 0 radical (unpaired) electrons. The maximum Gasteiger partial charge on any atom is 0.278 e. The Hall–Kier alpha value is -4.05. The highest BCUT2D eigenvalue weighted by atomic mass is 32.2. The van der Waals surface area contributed by atoms with Gasteiger partial charge in [-0.15, -0.1) is 11.8 Å². The first kappa shape index (κ1) is 26.0. The number of carboxylic acids is 1. The van der Waals surface area contributed by atoms with Gasteiger partial charge in [0.1, 0.15) is 18.0 Å². The summed E-state index contributed by atoms with van der Waals surface area (Å²) in [5.41, 5.74) is 11.1. The number of amides is 3. The van der Waals surface area contributed by atoms with E-state index in [1.165, 1.54) is 23.9 Å². The number of carbonyl (C=O) groups excluding carboxylic acids is 4. The van der Waals surface area contributed by atoms with Gasteiger partial charge in [0, 0.05) is 35.0 Å². The molecule has 2 aromatic rings. The van der Waals surface area contributed by atoms with Crippen LogP contribution in [-0.2, 0) is 25.8 Å². The molecule has 4 heterocycles. The van der Waals surface area contributed by atoms with E-state index in [9.17, 15) is 24.3 Å². The number of aliphatic carboxylic acids is 1. The molecule has 37 heavy (non-hydrogen) atoms. The molecule has 2 aliphatic heterocycles. The number of thioether (sulfide) groups is 1. The summed E-state index contributed by atoms with van der Waals surface area (Å²) in [4.78, 5) is 59.4. The van der Waals surface area contributed by atoms with E-state index < -0.39 is 35.1 Å². The number of nitrogens with zero attached hydrogens (tertiary/aromatic N) is 5. The Labute approximate surface area is 218 Å². The number of pyridine rings is 1. The molecule has 2 atom stereocenters. The van der Waals surface area contributed by atoms with Crippen LogP contribution >= 0.6 is 23.3 Å². The summed E-state index contributed by atoms with van der Waals surface area (Å²) >= 11 is 2.16. The van der Waals surface area contributed by atoms with Crippen LogP contribution in [0.5, 0.6) is 0 Å². The number of anilines is 1. The molecular formula is C21H22N8O6S2. The third-order valence-corrected chi connectivity index (χ3v) is 7.28. The van der Waals surface area contributed by atoms with E-state index >= 15 is 0 Å². The average molecular weight is 547 g/mol. The van der Waals surface area contributed by atoms with E-state index in [4.69, 9.17) is 16.3 Å². The molecule has 16 heteroatoms. The minimum absolute atomic E-state index is 0.0481. The molecule has 14 nitrogen and oxygen atoms in total. The summed E-state index contributed by atoms with van der Waals surface area (Å²) in [5, 5.41) is 17.9. The quantitative estimate of drug-likeness (QED) is 0.0957. The number of nitrogen functional groups attached to an aromatic ring is 1. The zero-order chi connectivity index (χ0) is 26.7. The first-order chi connectivity index (χ1) is 17.7. The Morgan fingerprint density at radius 1 is 1.35 bits per heavy atom. The van der Waals surface area contributed by atoms with E-state index in [1.807, 2.05) is 6.92 Å². The molecule has 4 rings (SSSR count). The predicted octanol–water partition coefficient (Wildman–Crippen LogP) is -2.26. The Bertz CT molecular complexity index is 1310. The Balaban J connectivity index is 1.51. The Kier molecular flexibility index (Phi) is 7.68. The van der Waals surface area contributed by atoms with Gasteiger partial charge in [-0.25, -0.2) is 4.57 Å². The van der Waals surface area contributed by atoms with Crippen LogP contribution in [0, 0.1) is 0 Å². The molecule has 0 spiro atoms. The third kappa shape index (κ3) is 5.39. The van der Waals surface area contributed by atoms with Crippen molar-refractivity contribution in [2.75, 3.05) is 18.1 Å². The number of oxime groups is 1. The second-order valence-electron chi connectivity index (χ2n) is 7.95. The molecule has 0 bridgehead atoms. The van der Waals surface area contributed by atoms with E-state index in [0.29, 0.717) is 17.6 Å². The lowest BCUT2D eigenvalue weighted by Crippen LogP contribution is -2.71. The predicted molar refractivity (Wildman–Crippen MR) is 129 cm³/mol. The second kappa shape index (κ2) is 10.9. The molecule has 0 saturated carbocycles.